The van der Waals surface area contributed by atoms with Crippen molar-refractivity contribution in [2.75, 3.05) is 6.61 Å². The molecule has 0 saturated carbocycles. The predicted octanol–water partition coefficient (Wildman–Crippen LogP) is 2.71. The van der Waals surface area contributed by atoms with Gasteiger partial charge in [0.25, 0.3) is 0 Å². The fourth-order valence-corrected chi connectivity index (χ4v) is 2.06. The minimum Gasteiger partial charge on any atom is -0.374 e. The average molecular weight is 211 g/mol. The van der Waals surface area contributed by atoms with Gasteiger partial charge in [-0.05, 0) is 32.6 Å². The van der Waals surface area contributed by atoms with E-state index in [0.717, 1.165) is 38.7 Å². The Morgan fingerprint density at radius 3 is 2.33 bits per heavy atom. The van der Waals surface area contributed by atoms with E-state index in [1.54, 1.807) is 0 Å². The van der Waals surface area contributed by atoms with E-state index >= 15 is 0 Å². The van der Waals surface area contributed by atoms with Gasteiger partial charge in [0.1, 0.15) is 0 Å². The molecule has 15 heavy (non-hydrogen) atoms. The Morgan fingerprint density at radius 1 is 1.33 bits per heavy atom. The fraction of sp³-hybridized carbons (Fsp3) is 0.846. The maximum absolute atomic E-state index is 6.21. The molecule has 0 aromatic carbocycles. The number of nitrogens with two attached hydrogens (primary N) is 1. The zero-order chi connectivity index (χ0) is 11.7. The number of hydrogen-bond donors (Lipinski definition) is 1. The lowest BCUT2D eigenvalue weighted by Gasteiger charge is -2.37. The summed E-state index contributed by atoms with van der Waals surface area (Å²) in [6.07, 6.45) is 9.91. The molecule has 2 nitrogen and oxygen atoms in total. The number of unbranched alkanes of at least 4 members (excludes halogenated alkanes) is 1. The number of terminal acetylenes is 1. The molecule has 0 heterocycles. The monoisotopic (exact) mass is 211 g/mol. The average Bonchev–Trinajstić information content (AvgIpc) is 2.26. The van der Waals surface area contributed by atoms with Gasteiger partial charge in [-0.25, -0.2) is 0 Å². The molecule has 0 aliphatic rings. The van der Waals surface area contributed by atoms with Crippen LogP contribution in [0.15, 0.2) is 0 Å². The molecule has 0 amide bonds. The smallest absolute Gasteiger partial charge is 0.0827 e. The quantitative estimate of drug-likeness (QED) is 0.495. The lowest BCUT2D eigenvalue weighted by molar-refractivity contribution is -0.0653. The first-order valence-electron chi connectivity index (χ1n) is 5.99. The van der Waals surface area contributed by atoms with Gasteiger partial charge in [-0.1, -0.05) is 13.8 Å². The van der Waals surface area contributed by atoms with Crippen LogP contribution in [-0.4, -0.2) is 18.2 Å². The highest BCUT2D eigenvalue weighted by Crippen LogP contribution is 2.26. The van der Waals surface area contributed by atoms with Gasteiger partial charge >= 0.3 is 0 Å². The molecule has 0 bridgehead atoms. The van der Waals surface area contributed by atoms with Crippen molar-refractivity contribution in [3.8, 4) is 12.3 Å². The van der Waals surface area contributed by atoms with Crippen LogP contribution in [0.4, 0.5) is 0 Å². The predicted molar refractivity (Wildman–Crippen MR) is 65.6 cm³/mol. The molecule has 0 spiro atoms. The molecule has 1 unspecified atom stereocenters. The second-order valence-corrected chi connectivity index (χ2v) is 3.91. The number of rotatable bonds is 8. The van der Waals surface area contributed by atoms with Gasteiger partial charge in [0.05, 0.1) is 5.60 Å². The van der Waals surface area contributed by atoms with Gasteiger partial charge in [-0.2, -0.15) is 0 Å². The van der Waals surface area contributed by atoms with Crippen LogP contribution >= 0.6 is 0 Å². The van der Waals surface area contributed by atoms with Crippen LogP contribution in [0.1, 0.15) is 52.9 Å². The largest absolute Gasteiger partial charge is 0.374 e. The Bertz CT molecular complexity index is 191. The van der Waals surface area contributed by atoms with E-state index in [4.69, 9.17) is 16.9 Å². The van der Waals surface area contributed by atoms with Gasteiger partial charge in [-0.3, -0.25) is 0 Å². The van der Waals surface area contributed by atoms with Crippen molar-refractivity contribution in [3.05, 3.63) is 0 Å². The van der Waals surface area contributed by atoms with Crippen molar-refractivity contribution in [2.45, 2.75) is 64.5 Å². The molecular weight excluding hydrogens is 186 g/mol. The van der Waals surface area contributed by atoms with Crippen LogP contribution in [0.2, 0.25) is 0 Å². The summed E-state index contributed by atoms with van der Waals surface area (Å²) in [6.45, 7) is 7.03. The first-order chi connectivity index (χ1) is 7.16. The third-order valence-electron chi connectivity index (χ3n) is 3.14. The van der Waals surface area contributed by atoms with Gasteiger partial charge in [0, 0.05) is 19.1 Å². The molecule has 0 saturated heterocycles. The molecule has 0 rings (SSSR count). The number of ether oxygens (including phenoxy) is 1. The Labute approximate surface area is 94.6 Å². The summed E-state index contributed by atoms with van der Waals surface area (Å²) in [5.41, 5.74) is 6.06. The summed E-state index contributed by atoms with van der Waals surface area (Å²) in [5.74, 6) is 2.65. The van der Waals surface area contributed by atoms with Crippen LogP contribution in [-0.2, 0) is 4.74 Å². The van der Waals surface area contributed by atoms with E-state index < -0.39 is 0 Å². The molecule has 0 aromatic heterocycles. The third-order valence-corrected chi connectivity index (χ3v) is 3.14. The summed E-state index contributed by atoms with van der Waals surface area (Å²) in [4.78, 5) is 0. The fourth-order valence-electron chi connectivity index (χ4n) is 2.06. The molecule has 0 radical (unpaired) electrons. The van der Waals surface area contributed by atoms with Crippen LogP contribution in [0.25, 0.3) is 0 Å². The summed E-state index contributed by atoms with van der Waals surface area (Å²) >= 11 is 0. The first-order valence-corrected chi connectivity index (χ1v) is 5.99. The highest BCUT2D eigenvalue weighted by molar-refractivity contribution is 4.91. The molecule has 88 valence electrons. The summed E-state index contributed by atoms with van der Waals surface area (Å²) in [5, 5.41) is 0. The summed E-state index contributed by atoms with van der Waals surface area (Å²) < 4.78 is 5.84. The van der Waals surface area contributed by atoms with E-state index in [2.05, 4.69) is 19.8 Å². The van der Waals surface area contributed by atoms with Gasteiger partial charge in [-0.15, -0.1) is 12.3 Å². The van der Waals surface area contributed by atoms with E-state index in [9.17, 15) is 0 Å². The minimum absolute atomic E-state index is 0.0980. The van der Waals surface area contributed by atoms with Crippen LogP contribution in [0.3, 0.4) is 0 Å². The van der Waals surface area contributed by atoms with E-state index in [-0.39, 0.29) is 11.6 Å². The molecule has 0 aromatic rings. The highest BCUT2D eigenvalue weighted by Gasteiger charge is 2.33. The topological polar surface area (TPSA) is 35.2 Å². The molecular formula is C13H25NO. The highest BCUT2D eigenvalue weighted by atomic mass is 16.5. The van der Waals surface area contributed by atoms with E-state index in [0.29, 0.717) is 0 Å². The Hall–Kier alpha value is -0.520. The van der Waals surface area contributed by atoms with Crippen molar-refractivity contribution in [2.24, 2.45) is 5.73 Å². The lowest BCUT2D eigenvalue weighted by Crippen LogP contribution is -2.49. The number of hydrogen-bond acceptors (Lipinski definition) is 2. The van der Waals surface area contributed by atoms with Crippen molar-refractivity contribution < 1.29 is 4.74 Å². The molecule has 1 atom stereocenters. The van der Waals surface area contributed by atoms with Gasteiger partial charge in [0.2, 0.25) is 0 Å². The van der Waals surface area contributed by atoms with Crippen LogP contribution in [0.5, 0.6) is 0 Å². The molecule has 0 aliphatic carbocycles. The minimum atomic E-state index is -0.149. The Kier molecular flexibility index (Phi) is 7.46. The van der Waals surface area contributed by atoms with E-state index in [1.165, 1.54) is 0 Å². The molecule has 0 fully saturated rings. The SMILES string of the molecule is C#CCCCC(N)C(CC)(CC)OCC. The molecule has 0 aliphatic heterocycles. The molecule has 2 heteroatoms. The lowest BCUT2D eigenvalue weighted by atomic mass is 9.86. The summed E-state index contributed by atoms with van der Waals surface area (Å²) in [6, 6.07) is 0.0980. The van der Waals surface area contributed by atoms with Crippen molar-refractivity contribution >= 4 is 0 Å². The van der Waals surface area contributed by atoms with Crippen molar-refractivity contribution in [3.63, 3.8) is 0 Å². The Morgan fingerprint density at radius 2 is 1.93 bits per heavy atom. The second-order valence-electron chi connectivity index (χ2n) is 3.91. The molecule has 2 N–H and O–H groups in total. The zero-order valence-electron chi connectivity index (χ0n) is 10.4. The summed E-state index contributed by atoms with van der Waals surface area (Å²) in [7, 11) is 0. The standard InChI is InChI=1S/C13H25NO/c1-5-9-10-11-12(14)13(6-2,7-3)15-8-4/h1,12H,6-11,14H2,2-4H3. The van der Waals surface area contributed by atoms with Crippen molar-refractivity contribution in [1.82, 2.24) is 0 Å². The first kappa shape index (κ1) is 14.5. The third kappa shape index (κ3) is 4.24. The van der Waals surface area contributed by atoms with Crippen molar-refractivity contribution in [1.29, 1.82) is 0 Å². The van der Waals surface area contributed by atoms with Gasteiger partial charge in [0.15, 0.2) is 0 Å². The normalized spacial score (nSPS) is 13.5. The zero-order valence-corrected chi connectivity index (χ0v) is 10.4. The maximum Gasteiger partial charge on any atom is 0.0827 e. The Balaban J connectivity index is 4.27. The van der Waals surface area contributed by atoms with E-state index in [1.807, 2.05) is 6.92 Å². The van der Waals surface area contributed by atoms with Crippen LogP contribution < -0.4 is 5.73 Å². The van der Waals surface area contributed by atoms with Gasteiger partial charge < -0.3 is 10.5 Å². The van der Waals surface area contributed by atoms with Crippen LogP contribution in [0, 0.1) is 12.3 Å². The maximum atomic E-state index is 6.21. The second kappa shape index (κ2) is 7.73.